The molecular formula is C10H20. The Bertz CT molecular complexity index is 107. The summed E-state index contributed by atoms with van der Waals surface area (Å²) in [5.74, 6) is 0.797. The van der Waals surface area contributed by atoms with Crippen molar-refractivity contribution in [2.75, 3.05) is 0 Å². The van der Waals surface area contributed by atoms with Crippen molar-refractivity contribution in [3.8, 4) is 0 Å². The molecule has 0 saturated heterocycles. The van der Waals surface area contributed by atoms with Crippen LogP contribution in [0.25, 0.3) is 0 Å². The molecule has 0 saturated carbocycles. The lowest BCUT2D eigenvalue weighted by Crippen LogP contribution is -2.10. The second-order valence-electron chi connectivity index (χ2n) is 4.09. The molecule has 0 nitrogen and oxygen atoms in total. The SMILES string of the molecule is CC=CC(C)(C)CC(C)C. The maximum Gasteiger partial charge on any atom is -0.0173 e. The van der Waals surface area contributed by atoms with Gasteiger partial charge in [-0.2, -0.15) is 0 Å². The van der Waals surface area contributed by atoms with Gasteiger partial charge < -0.3 is 0 Å². The van der Waals surface area contributed by atoms with Gasteiger partial charge in [0.2, 0.25) is 0 Å². The minimum Gasteiger partial charge on any atom is -0.0911 e. The minimum absolute atomic E-state index is 0.392. The Kier molecular flexibility index (Phi) is 3.70. The van der Waals surface area contributed by atoms with E-state index in [2.05, 4.69) is 46.8 Å². The van der Waals surface area contributed by atoms with Crippen LogP contribution < -0.4 is 0 Å². The van der Waals surface area contributed by atoms with E-state index in [4.69, 9.17) is 0 Å². The third-order valence-electron chi connectivity index (χ3n) is 1.55. The quantitative estimate of drug-likeness (QED) is 0.525. The molecule has 0 bridgehead atoms. The lowest BCUT2D eigenvalue weighted by atomic mass is 9.84. The van der Waals surface area contributed by atoms with Gasteiger partial charge in [-0.1, -0.05) is 39.8 Å². The van der Waals surface area contributed by atoms with Crippen LogP contribution in [0.4, 0.5) is 0 Å². The molecule has 0 atom stereocenters. The lowest BCUT2D eigenvalue weighted by molar-refractivity contribution is 0.366. The Balaban J connectivity index is 3.86. The summed E-state index contributed by atoms with van der Waals surface area (Å²) in [6.07, 6.45) is 5.70. The molecule has 0 aliphatic rings. The molecule has 0 aromatic heterocycles. The van der Waals surface area contributed by atoms with Crippen molar-refractivity contribution in [3.05, 3.63) is 12.2 Å². The van der Waals surface area contributed by atoms with Crippen molar-refractivity contribution in [2.45, 2.75) is 41.0 Å². The van der Waals surface area contributed by atoms with Crippen molar-refractivity contribution >= 4 is 0 Å². The molecule has 0 radical (unpaired) electrons. The van der Waals surface area contributed by atoms with E-state index in [1.807, 2.05) is 0 Å². The predicted octanol–water partition coefficient (Wildman–Crippen LogP) is 3.63. The van der Waals surface area contributed by atoms with Crippen LogP contribution in [0.15, 0.2) is 12.2 Å². The molecule has 0 aliphatic heterocycles. The van der Waals surface area contributed by atoms with Gasteiger partial charge in [0.25, 0.3) is 0 Å². The normalized spacial score (nSPS) is 13.4. The van der Waals surface area contributed by atoms with E-state index >= 15 is 0 Å². The highest BCUT2D eigenvalue weighted by atomic mass is 14.2. The average Bonchev–Trinajstić information content (AvgIpc) is 1.59. The summed E-state index contributed by atoms with van der Waals surface area (Å²) >= 11 is 0. The Morgan fingerprint density at radius 1 is 1.30 bits per heavy atom. The first-order valence-electron chi connectivity index (χ1n) is 4.12. The maximum atomic E-state index is 2.28. The van der Waals surface area contributed by atoms with E-state index in [1.165, 1.54) is 6.42 Å². The summed E-state index contributed by atoms with van der Waals surface area (Å²) < 4.78 is 0. The molecule has 0 N–H and O–H groups in total. The van der Waals surface area contributed by atoms with Gasteiger partial charge in [0.05, 0.1) is 0 Å². The fourth-order valence-electron chi connectivity index (χ4n) is 1.57. The van der Waals surface area contributed by atoms with Crippen LogP contribution in [0, 0.1) is 11.3 Å². The molecular weight excluding hydrogens is 120 g/mol. The van der Waals surface area contributed by atoms with Crippen LogP contribution >= 0.6 is 0 Å². The van der Waals surface area contributed by atoms with E-state index in [-0.39, 0.29) is 0 Å². The molecule has 0 unspecified atom stereocenters. The Hall–Kier alpha value is -0.260. The fraction of sp³-hybridized carbons (Fsp3) is 0.800. The molecule has 0 aromatic rings. The van der Waals surface area contributed by atoms with Crippen LogP contribution in [-0.2, 0) is 0 Å². The highest BCUT2D eigenvalue weighted by Crippen LogP contribution is 2.26. The zero-order valence-corrected chi connectivity index (χ0v) is 7.94. The molecule has 0 rings (SSSR count). The van der Waals surface area contributed by atoms with Gasteiger partial charge in [0.15, 0.2) is 0 Å². The molecule has 0 aromatic carbocycles. The third kappa shape index (κ3) is 4.60. The summed E-state index contributed by atoms with van der Waals surface area (Å²) in [4.78, 5) is 0. The zero-order chi connectivity index (χ0) is 8.20. The number of hydrogen-bond donors (Lipinski definition) is 0. The van der Waals surface area contributed by atoms with Gasteiger partial charge in [-0.05, 0) is 24.7 Å². The molecule has 60 valence electrons. The fourth-order valence-corrected chi connectivity index (χ4v) is 1.57. The predicted molar refractivity (Wildman–Crippen MR) is 48.1 cm³/mol. The van der Waals surface area contributed by atoms with E-state index in [1.54, 1.807) is 0 Å². The highest BCUT2D eigenvalue weighted by molar-refractivity contribution is 4.92. The summed E-state index contributed by atoms with van der Waals surface area (Å²) in [5.41, 5.74) is 0.392. The largest absolute Gasteiger partial charge is 0.0911 e. The molecule has 0 heterocycles. The number of allylic oxidation sites excluding steroid dienone is 2. The second-order valence-corrected chi connectivity index (χ2v) is 4.09. The van der Waals surface area contributed by atoms with E-state index in [0.29, 0.717) is 5.41 Å². The van der Waals surface area contributed by atoms with Crippen LogP contribution in [0.5, 0.6) is 0 Å². The zero-order valence-electron chi connectivity index (χ0n) is 7.94. The standard InChI is InChI=1S/C10H20/c1-6-7-10(4,5)8-9(2)3/h6-7,9H,8H2,1-5H3. The minimum atomic E-state index is 0.392. The first kappa shape index (κ1) is 9.74. The maximum absolute atomic E-state index is 2.28. The van der Waals surface area contributed by atoms with Gasteiger partial charge in [-0.3, -0.25) is 0 Å². The van der Waals surface area contributed by atoms with Gasteiger partial charge >= 0.3 is 0 Å². The Labute approximate surface area is 65.3 Å². The lowest BCUT2D eigenvalue weighted by Gasteiger charge is -2.22. The van der Waals surface area contributed by atoms with Crippen molar-refractivity contribution in [3.63, 3.8) is 0 Å². The topological polar surface area (TPSA) is 0 Å². The van der Waals surface area contributed by atoms with Crippen LogP contribution in [0.1, 0.15) is 41.0 Å². The molecule has 10 heavy (non-hydrogen) atoms. The van der Waals surface area contributed by atoms with Crippen molar-refractivity contribution in [1.29, 1.82) is 0 Å². The molecule has 0 heteroatoms. The van der Waals surface area contributed by atoms with E-state index < -0.39 is 0 Å². The average molecular weight is 140 g/mol. The molecule has 0 spiro atoms. The van der Waals surface area contributed by atoms with Gasteiger partial charge in [-0.15, -0.1) is 0 Å². The molecule has 0 aliphatic carbocycles. The second kappa shape index (κ2) is 3.80. The summed E-state index contributed by atoms with van der Waals surface area (Å²) in [6.45, 7) is 11.2. The van der Waals surface area contributed by atoms with E-state index in [0.717, 1.165) is 5.92 Å². The van der Waals surface area contributed by atoms with Crippen molar-refractivity contribution < 1.29 is 0 Å². The van der Waals surface area contributed by atoms with E-state index in [9.17, 15) is 0 Å². The number of rotatable bonds is 3. The summed E-state index contributed by atoms with van der Waals surface area (Å²) in [7, 11) is 0. The van der Waals surface area contributed by atoms with Crippen LogP contribution in [-0.4, -0.2) is 0 Å². The van der Waals surface area contributed by atoms with Crippen molar-refractivity contribution in [2.24, 2.45) is 11.3 Å². The summed E-state index contributed by atoms with van der Waals surface area (Å²) in [6, 6.07) is 0. The first-order chi connectivity index (χ1) is 4.48. The third-order valence-corrected chi connectivity index (χ3v) is 1.55. The van der Waals surface area contributed by atoms with Crippen LogP contribution in [0.3, 0.4) is 0 Å². The monoisotopic (exact) mass is 140 g/mol. The van der Waals surface area contributed by atoms with Gasteiger partial charge in [0, 0.05) is 0 Å². The van der Waals surface area contributed by atoms with Gasteiger partial charge in [0.1, 0.15) is 0 Å². The number of hydrogen-bond acceptors (Lipinski definition) is 0. The Morgan fingerprint density at radius 2 is 1.80 bits per heavy atom. The van der Waals surface area contributed by atoms with Crippen LogP contribution in [0.2, 0.25) is 0 Å². The van der Waals surface area contributed by atoms with Gasteiger partial charge in [-0.25, -0.2) is 0 Å². The first-order valence-corrected chi connectivity index (χ1v) is 4.12. The molecule has 0 amide bonds. The Morgan fingerprint density at radius 3 is 2.10 bits per heavy atom. The van der Waals surface area contributed by atoms with Crippen molar-refractivity contribution in [1.82, 2.24) is 0 Å². The summed E-state index contributed by atoms with van der Waals surface area (Å²) in [5, 5.41) is 0. The molecule has 0 fully saturated rings. The highest BCUT2D eigenvalue weighted by Gasteiger charge is 2.14. The smallest absolute Gasteiger partial charge is 0.0173 e.